The zero-order valence-electron chi connectivity index (χ0n) is 15.5. The first kappa shape index (κ1) is 16.4. The number of fused-ring (bicyclic) bond motifs is 1. The second kappa shape index (κ2) is 6.44. The third-order valence-electron chi connectivity index (χ3n) is 5.65. The fourth-order valence-corrected chi connectivity index (χ4v) is 4.14. The van der Waals surface area contributed by atoms with Gasteiger partial charge >= 0.3 is 0 Å². The number of rotatable bonds is 4. The van der Waals surface area contributed by atoms with E-state index in [1.54, 1.807) is 12.3 Å². The first-order valence-electron chi connectivity index (χ1n) is 9.85. The summed E-state index contributed by atoms with van der Waals surface area (Å²) in [4.78, 5) is 29.0. The fourth-order valence-electron chi connectivity index (χ4n) is 4.14. The van der Waals surface area contributed by atoms with E-state index >= 15 is 0 Å². The number of hydrogen-bond acceptors (Lipinski definition) is 4. The minimum absolute atomic E-state index is 0.00323. The molecular formula is C21H23N5O. The van der Waals surface area contributed by atoms with E-state index < -0.39 is 0 Å². The molecule has 1 aliphatic carbocycles. The molecule has 5 rings (SSSR count). The highest BCUT2D eigenvalue weighted by molar-refractivity contribution is 5.92. The molecule has 2 aliphatic rings. The molecular weight excluding hydrogens is 338 g/mol. The van der Waals surface area contributed by atoms with E-state index in [0.29, 0.717) is 11.6 Å². The smallest absolute Gasteiger partial charge is 0.273 e. The van der Waals surface area contributed by atoms with Crippen molar-refractivity contribution in [1.82, 2.24) is 24.4 Å². The van der Waals surface area contributed by atoms with Gasteiger partial charge in [0.05, 0.1) is 17.1 Å². The number of benzene rings is 1. The SMILES string of the molecule is CCn1c(C2CCCN2C(=O)c2ccnc(C3CC3)n2)nc2ccccc21. The highest BCUT2D eigenvalue weighted by atomic mass is 16.2. The van der Waals surface area contributed by atoms with Gasteiger partial charge in [0.15, 0.2) is 0 Å². The van der Waals surface area contributed by atoms with Crippen molar-refractivity contribution in [1.29, 1.82) is 0 Å². The summed E-state index contributed by atoms with van der Waals surface area (Å²) in [5.74, 6) is 2.24. The minimum Gasteiger partial charge on any atom is -0.327 e. The Balaban J connectivity index is 1.50. The molecule has 6 nitrogen and oxygen atoms in total. The van der Waals surface area contributed by atoms with Gasteiger partial charge in [-0.05, 0) is 50.8 Å². The number of likely N-dealkylation sites (tertiary alicyclic amines) is 1. The largest absolute Gasteiger partial charge is 0.327 e. The third-order valence-corrected chi connectivity index (χ3v) is 5.65. The van der Waals surface area contributed by atoms with Crippen LogP contribution in [-0.2, 0) is 6.54 Å². The summed E-state index contributed by atoms with van der Waals surface area (Å²) in [6, 6.07) is 9.94. The number of aryl methyl sites for hydroxylation is 1. The molecule has 3 heterocycles. The maximum atomic E-state index is 13.2. The van der Waals surface area contributed by atoms with E-state index in [1.165, 1.54) is 0 Å². The van der Waals surface area contributed by atoms with Crippen LogP contribution >= 0.6 is 0 Å². The van der Waals surface area contributed by atoms with E-state index in [1.807, 2.05) is 23.1 Å². The van der Waals surface area contributed by atoms with Gasteiger partial charge in [-0.15, -0.1) is 0 Å². The van der Waals surface area contributed by atoms with Crippen molar-refractivity contribution in [3.8, 4) is 0 Å². The highest BCUT2D eigenvalue weighted by Crippen LogP contribution is 2.38. The Labute approximate surface area is 158 Å². The van der Waals surface area contributed by atoms with Crippen molar-refractivity contribution in [3.63, 3.8) is 0 Å². The molecule has 1 aliphatic heterocycles. The number of carbonyl (C=O) groups is 1. The van der Waals surface area contributed by atoms with Crippen molar-refractivity contribution in [2.75, 3.05) is 6.54 Å². The molecule has 0 spiro atoms. The molecule has 6 heteroatoms. The van der Waals surface area contributed by atoms with Crippen LogP contribution in [0.1, 0.15) is 66.7 Å². The Morgan fingerprint density at radius 1 is 1.15 bits per heavy atom. The summed E-state index contributed by atoms with van der Waals surface area (Å²) in [7, 11) is 0. The molecule has 1 atom stereocenters. The maximum Gasteiger partial charge on any atom is 0.273 e. The van der Waals surface area contributed by atoms with Gasteiger partial charge in [-0.25, -0.2) is 15.0 Å². The Hall–Kier alpha value is -2.76. The summed E-state index contributed by atoms with van der Waals surface area (Å²) in [5, 5.41) is 0. The lowest BCUT2D eigenvalue weighted by atomic mass is 10.2. The molecule has 138 valence electrons. The van der Waals surface area contributed by atoms with E-state index in [2.05, 4.69) is 27.5 Å². The Kier molecular flexibility index (Phi) is 3.92. The zero-order valence-corrected chi connectivity index (χ0v) is 15.5. The van der Waals surface area contributed by atoms with Gasteiger partial charge in [0, 0.05) is 25.2 Å². The second-order valence-electron chi connectivity index (χ2n) is 7.43. The lowest BCUT2D eigenvalue weighted by molar-refractivity contribution is 0.0721. The summed E-state index contributed by atoms with van der Waals surface area (Å²) in [6.07, 6.45) is 5.91. The number of nitrogens with zero attached hydrogens (tertiary/aromatic N) is 5. The Morgan fingerprint density at radius 3 is 2.81 bits per heavy atom. The quantitative estimate of drug-likeness (QED) is 0.711. The van der Waals surface area contributed by atoms with Crippen molar-refractivity contribution in [2.24, 2.45) is 0 Å². The highest BCUT2D eigenvalue weighted by Gasteiger charge is 2.35. The summed E-state index contributed by atoms with van der Waals surface area (Å²) < 4.78 is 2.24. The topological polar surface area (TPSA) is 63.9 Å². The number of amides is 1. The van der Waals surface area contributed by atoms with Gasteiger partial charge in [-0.2, -0.15) is 0 Å². The average molecular weight is 361 g/mol. The monoisotopic (exact) mass is 361 g/mol. The van der Waals surface area contributed by atoms with Gasteiger partial charge in [0.2, 0.25) is 0 Å². The van der Waals surface area contributed by atoms with Crippen LogP contribution in [0.25, 0.3) is 11.0 Å². The van der Waals surface area contributed by atoms with Gasteiger partial charge < -0.3 is 9.47 Å². The molecule has 1 unspecified atom stereocenters. The first-order chi connectivity index (χ1) is 13.3. The summed E-state index contributed by atoms with van der Waals surface area (Å²) in [6.45, 7) is 3.72. The van der Waals surface area contributed by atoms with Crippen LogP contribution < -0.4 is 0 Å². The maximum absolute atomic E-state index is 13.2. The van der Waals surface area contributed by atoms with Crippen molar-refractivity contribution >= 4 is 16.9 Å². The van der Waals surface area contributed by atoms with Crippen molar-refractivity contribution in [3.05, 3.63) is 53.9 Å². The molecule has 1 saturated carbocycles. The van der Waals surface area contributed by atoms with Crippen molar-refractivity contribution in [2.45, 2.75) is 51.1 Å². The summed E-state index contributed by atoms with van der Waals surface area (Å²) in [5.41, 5.74) is 2.64. The zero-order chi connectivity index (χ0) is 18.4. The summed E-state index contributed by atoms with van der Waals surface area (Å²) >= 11 is 0. The van der Waals surface area contributed by atoms with Crippen LogP contribution in [0.2, 0.25) is 0 Å². The van der Waals surface area contributed by atoms with Crippen LogP contribution in [-0.4, -0.2) is 36.9 Å². The number of aromatic nitrogens is 4. The van der Waals surface area contributed by atoms with E-state index in [-0.39, 0.29) is 11.9 Å². The second-order valence-corrected chi connectivity index (χ2v) is 7.43. The van der Waals surface area contributed by atoms with E-state index in [9.17, 15) is 4.79 Å². The predicted molar refractivity (Wildman–Crippen MR) is 102 cm³/mol. The van der Waals surface area contributed by atoms with Crippen molar-refractivity contribution < 1.29 is 4.79 Å². The molecule has 1 amide bonds. The Bertz CT molecular complexity index is 1010. The average Bonchev–Trinajstić information content (AvgIpc) is 3.33. The lowest BCUT2D eigenvalue weighted by Crippen LogP contribution is -2.32. The minimum atomic E-state index is -0.00323. The normalized spacial score (nSPS) is 19.7. The first-order valence-corrected chi connectivity index (χ1v) is 9.85. The third kappa shape index (κ3) is 2.80. The molecule has 27 heavy (non-hydrogen) atoms. The van der Waals surface area contributed by atoms with E-state index in [0.717, 1.165) is 61.5 Å². The molecule has 0 radical (unpaired) electrons. The molecule has 1 saturated heterocycles. The van der Waals surface area contributed by atoms with Crippen LogP contribution in [0.3, 0.4) is 0 Å². The molecule has 2 aromatic heterocycles. The molecule has 0 bridgehead atoms. The van der Waals surface area contributed by atoms with Crippen LogP contribution in [0, 0.1) is 0 Å². The van der Waals surface area contributed by atoms with Crippen LogP contribution in [0.5, 0.6) is 0 Å². The lowest BCUT2D eigenvalue weighted by Gasteiger charge is -2.24. The van der Waals surface area contributed by atoms with Gasteiger partial charge in [-0.3, -0.25) is 4.79 Å². The van der Waals surface area contributed by atoms with Gasteiger partial charge in [0.25, 0.3) is 5.91 Å². The molecule has 2 fully saturated rings. The molecule has 0 N–H and O–H groups in total. The number of hydrogen-bond donors (Lipinski definition) is 0. The number of para-hydroxylation sites is 2. The number of carbonyl (C=O) groups excluding carboxylic acids is 1. The Morgan fingerprint density at radius 2 is 2.00 bits per heavy atom. The number of imidazole rings is 1. The standard InChI is InChI=1S/C21H23N5O/c1-2-25-17-7-4-3-6-15(17)24-20(25)18-8-5-13-26(18)21(27)16-11-12-22-19(23-16)14-9-10-14/h3-4,6-7,11-12,14,18H,2,5,8-10,13H2,1H3. The molecule has 1 aromatic carbocycles. The van der Waals surface area contributed by atoms with Gasteiger partial charge in [-0.1, -0.05) is 12.1 Å². The predicted octanol–water partition coefficient (Wildman–Crippen LogP) is 3.70. The van der Waals surface area contributed by atoms with E-state index in [4.69, 9.17) is 4.98 Å². The van der Waals surface area contributed by atoms with Crippen LogP contribution in [0.15, 0.2) is 36.5 Å². The van der Waals surface area contributed by atoms with Crippen LogP contribution in [0.4, 0.5) is 0 Å². The van der Waals surface area contributed by atoms with Gasteiger partial charge in [0.1, 0.15) is 17.3 Å². The molecule has 3 aromatic rings. The fraction of sp³-hybridized carbons (Fsp3) is 0.429.